The van der Waals surface area contributed by atoms with Crippen LogP contribution in [-0.4, -0.2) is 21.8 Å². The van der Waals surface area contributed by atoms with E-state index in [9.17, 15) is 4.79 Å². The van der Waals surface area contributed by atoms with Gasteiger partial charge in [-0.15, -0.1) is 0 Å². The molecule has 0 bridgehead atoms. The molecule has 1 aromatic heterocycles. The van der Waals surface area contributed by atoms with Gasteiger partial charge in [0.15, 0.2) is 0 Å². The summed E-state index contributed by atoms with van der Waals surface area (Å²) in [6.07, 6.45) is 3.88. The van der Waals surface area contributed by atoms with Crippen molar-refractivity contribution in [2.75, 3.05) is 11.9 Å². The molecule has 0 radical (unpaired) electrons. The van der Waals surface area contributed by atoms with E-state index in [4.69, 9.17) is 5.73 Å². The first-order valence-electron chi connectivity index (χ1n) is 6.37. The Morgan fingerprint density at radius 1 is 1.56 bits per heavy atom. The summed E-state index contributed by atoms with van der Waals surface area (Å²) in [6, 6.07) is 0. The molecule has 5 nitrogen and oxygen atoms in total. The average molecular weight is 268 g/mol. The quantitative estimate of drug-likeness (QED) is 0.878. The number of aromatic nitrogens is 2. The second-order valence-electron chi connectivity index (χ2n) is 5.27. The van der Waals surface area contributed by atoms with Gasteiger partial charge in [-0.25, -0.2) is 4.98 Å². The molecule has 100 valence electrons. The maximum atomic E-state index is 12.4. The van der Waals surface area contributed by atoms with E-state index in [1.54, 1.807) is 0 Å². The predicted molar refractivity (Wildman–Crippen MR) is 72.4 cm³/mol. The van der Waals surface area contributed by atoms with Gasteiger partial charge >= 0.3 is 0 Å². The van der Waals surface area contributed by atoms with Gasteiger partial charge in [-0.1, -0.05) is 6.92 Å². The van der Waals surface area contributed by atoms with Crippen molar-refractivity contribution in [2.45, 2.75) is 39.5 Å². The van der Waals surface area contributed by atoms with E-state index in [0.717, 1.165) is 25.7 Å². The Hall–Kier alpha value is -1.01. The predicted octanol–water partition coefficient (Wildman–Crippen LogP) is 1.94. The topological polar surface area (TPSA) is 80.9 Å². The molecule has 0 aromatic carbocycles. The van der Waals surface area contributed by atoms with Crippen LogP contribution >= 0.6 is 11.5 Å². The smallest absolute Gasteiger partial charge is 0.233 e. The van der Waals surface area contributed by atoms with Crippen LogP contribution in [0, 0.1) is 18.3 Å². The van der Waals surface area contributed by atoms with Gasteiger partial charge < -0.3 is 11.1 Å². The molecule has 1 saturated carbocycles. The molecule has 0 unspecified atom stereocenters. The molecule has 18 heavy (non-hydrogen) atoms. The summed E-state index contributed by atoms with van der Waals surface area (Å²) >= 11 is 1.22. The third-order valence-electron chi connectivity index (χ3n) is 3.85. The van der Waals surface area contributed by atoms with E-state index in [2.05, 4.69) is 21.6 Å². The zero-order chi connectivity index (χ0) is 13.2. The number of hydrogen-bond acceptors (Lipinski definition) is 5. The van der Waals surface area contributed by atoms with Crippen LogP contribution in [0.2, 0.25) is 0 Å². The lowest BCUT2D eigenvalue weighted by atomic mass is 9.70. The van der Waals surface area contributed by atoms with Gasteiger partial charge in [0.2, 0.25) is 11.0 Å². The lowest BCUT2D eigenvalue weighted by Crippen LogP contribution is -2.44. The van der Waals surface area contributed by atoms with Crippen molar-refractivity contribution in [3.63, 3.8) is 0 Å². The van der Waals surface area contributed by atoms with Gasteiger partial charge in [0.05, 0.1) is 5.41 Å². The highest BCUT2D eigenvalue weighted by Crippen LogP contribution is 2.39. The van der Waals surface area contributed by atoms with Crippen LogP contribution in [0.3, 0.4) is 0 Å². The zero-order valence-electron chi connectivity index (χ0n) is 10.9. The second kappa shape index (κ2) is 5.32. The van der Waals surface area contributed by atoms with E-state index < -0.39 is 5.41 Å². The molecule has 1 aliphatic rings. The Morgan fingerprint density at radius 3 is 2.72 bits per heavy atom. The molecule has 3 N–H and O–H groups in total. The summed E-state index contributed by atoms with van der Waals surface area (Å²) < 4.78 is 4.06. The lowest BCUT2D eigenvalue weighted by Gasteiger charge is -2.36. The number of nitrogens with one attached hydrogen (secondary N) is 1. The highest BCUT2D eigenvalue weighted by atomic mass is 32.1. The number of hydrogen-bond donors (Lipinski definition) is 2. The standard InChI is InChI=1S/C12H20N4OS/c1-8-3-5-12(7-13,6-4-8)10(17)15-11-14-9(2)16-18-11/h8H,3-7,13H2,1-2H3,(H,14,15,16,17). The minimum atomic E-state index is -0.411. The number of anilines is 1. The largest absolute Gasteiger partial charge is 0.329 e. The van der Waals surface area contributed by atoms with E-state index in [0.29, 0.717) is 23.4 Å². The first-order valence-corrected chi connectivity index (χ1v) is 7.15. The Kier molecular flexibility index (Phi) is 3.97. The number of carbonyl (C=O) groups is 1. The van der Waals surface area contributed by atoms with Crippen molar-refractivity contribution in [2.24, 2.45) is 17.1 Å². The molecule has 1 aromatic rings. The number of carbonyl (C=O) groups excluding carboxylic acids is 1. The second-order valence-corrected chi connectivity index (χ2v) is 6.02. The normalized spacial score (nSPS) is 28.1. The fourth-order valence-corrected chi connectivity index (χ4v) is 2.99. The lowest BCUT2D eigenvalue weighted by molar-refractivity contribution is -0.127. The van der Waals surface area contributed by atoms with Crippen LogP contribution in [0.5, 0.6) is 0 Å². The zero-order valence-corrected chi connectivity index (χ0v) is 11.7. The summed E-state index contributed by atoms with van der Waals surface area (Å²) in [6.45, 7) is 4.45. The first-order chi connectivity index (χ1) is 8.55. The summed E-state index contributed by atoms with van der Waals surface area (Å²) in [5, 5.41) is 3.44. The van der Waals surface area contributed by atoms with Crippen molar-refractivity contribution < 1.29 is 4.79 Å². The van der Waals surface area contributed by atoms with Gasteiger partial charge in [0.1, 0.15) is 5.82 Å². The van der Waals surface area contributed by atoms with Crippen LogP contribution in [-0.2, 0) is 4.79 Å². The maximum Gasteiger partial charge on any atom is 0.233 e. The number of nitrogens with two attached hydrogens (primary N) is 1. The van der Waals surface area contributed by atoms with Crippen molar-refractivity contribution in [3.8, 4) is 0 Å². The van der Waals surface area contributed by atoms with Crippen LogP contribution in [0.4, 0.5) is 5.13 Å². The van der Waals surface area contributed by atoms with Gasteiger partial charge in [0, 0.05) is 18.1 Å². The highest BCUT2D eigenvalue weighted by molar-refractivity contribution is 7.09. The van der Waals surface area contributed by atoms with Crippen molar-refractivity contribution in [1.29, 1.82) is 0 Å². The van der Waals surface area contributed by atoms with E-state index in [1.807, 2.05) is 6.92 Å². The Balaban J connectivity index is 2.06. The minimum absolute atomic E-state index is 0.00745. The van der Waals surface area contributed by atoms with Crippen LogP contribution < -0.4 is 11.1 Å². The maximum absolute atomic E-state index is 12.4. The summed E-state index contributed by atoms with van der Waals surface area (Å²) in [5.41, 5.74) is 5.44. The number of nitrogens with zero attached hydrogens (tertiary/aromatic N) is 2. The van der Waals surface area contributed by atoms with Gasteiger partial charge in [-0.05, 0) is 38.5 Å². The summed E-state index contributed by atoms with van der Waals surface area (Å²) in [4.78, 5) is 16.5. The molecule has 1 aliphatic carbocycles. The molecule has 1 amide bonds. The fourth-order valence-electron chi connectivity index (χ4n) is 2.42. The van der Waals surface area contributed by atoms with Crippen LogP contribution in [0.15, 0.2) is 0 Å². The summed E-state index contributed by atoms with van der Waals surface area (Å²) in [5.74, 6) is 1.39. The molecule has 0 aliphatic heterocycles. The van der Waals surface area contributed by atoms with Gasteiger partial charge in [-0.2, -0.15) is 4.37 Å². The molecule has 1 fully saturated rings. The molecule has 1 heterocycles. The van der Waals surface area contributed by atoms with Crippen molar-refractivity contribution >= 4 is 22.6 Å². The first kappa shape index (κ1) is 13.4. The Labute approximate surface area is 111 Å². The van der Waals surface area contributed by atoms with E-state index in [1.165, 1.54) is 11.5 Å². The fraction of sp³-hybridized carbons (Fsp3) is 0.750. The molecule has 0 atom stereocenters. The molecular formula is C12H20N4OS. The average Bonchev–Trinajstić information content (AvgIpc) is 2.76. The van der Waals surface area contributed by atoms with Gasteiger partial charge in [-0.3, -0.25) is 4.79 Å². The third-order valence-corrected chi connectivity index (χ3v) is 4.57. The van der Waals surface area contributed by atoms with Crippen LogP contribution in [0.25, 0.3) is 0 Å². The van der Waals surface area contributed by atoms with Crippen LogP contribution in [0.1, 0.15) is 38.4 Å². The Bertz CT molecular complexity index is 423. The Morgan fingerprint density at radius 2 is 2.22 bits per heavy atom. The molecule has 2 rings (SSSR count). The monoisotopic (exact) mass is 268 g/mol. The van der Waals surface area contributed by atoms with Crippen molar-refractivity contribution in [1.82, 2.24) is 9.36 Å². The number of aryl methyl sites for hydroxylation is 1. The third kappa shape index (κ3) is 2.70. The minimum Gasteiger partial charge on any atom is -0.329 e. The SMILES string of the molecule is Cc1nsc(NC(=O)C2(CN)CCC(C)CC2)n1. The molecule has 0 spiro atoms. The van der Waals surface area contributed by atoms with E-state index >= 15 is 0 Å². The molecule has 0 saturated heterocycles. The van der Waals surface area contributed by atoms with E-state index in [-0.39, 0.29) is 5.91 Å². The molecule has 6 heteroatoms. The molecular weight excluding hydrogens is 248 g/mol. The van der Waals surface area contributed by atoms with Gasteiger partial charge in [0.25, 0.3) is 0 Å². The highest BCUT2D eigenvalue weighted by Gasteiger charge is 2.40. The van der Waals surface area contributed by atoms with Crippen molar-refractivity contribution in [3.05, 3.63) is 5.82 Å². The number of rotatable bonds is 3. The number of amides is 1. The summed E-state index contributed by atoms with van der Waals surface area (Å²) in [7, 11) is 0.